The first-order valence-electron chi connectivity index (χ1n) is 7.67. The molecule has 116 valence electrons. The Balaban J connectivity index is 2.24. The number of hydrogen-bond donors (Lipinski definition) is 1. The molecule has 1 fully saturated rings. The van der Waals surface area contributed by atoms with Crippen LogP contribution in [0.15, 0.2) is 18.2 Å². The molecule has 3 nitrogen and oxygen atoms in total. The molecule has 1 aromatic carbocycles. The van der Waals surface area contributed by atoms with Crippen molar-refractivity contribution in [3.05, 3.63) is 28.8 Å². The van der Waals surface area contributed by atoms with Crippen molar-refractivity contribution in [2.24, 2.45) is 11.8 Å². The zero-order valence-corrected chi connectivity index (χ0v) is 13.7. The molecule has 1 saturated carbocycles. The molecule has 0 radical (unpaired) electrons. The van der Waals surface area contributed by atoms with E-state index in [-0.39, 0.29) is 5.97 Å². The number of ether oxygens (including phenoxy) is 1. The maximum Gasteiger partial charge on any atom is 0.339 e. The Morgan fingerprint density at radius 1 is 1.33 bits per heavy atom. The zero-order valence-electron chi connectivity index (χ0n) is 13.0. The van der Waals surface area contributed by atoms with E-state index in [1.54, 1.807) is 12.1 Å². The van der Waals surface area contributed by atoms with Crippen LogP contribution in [0.5, 0.6) is 0 Å². The van der Waals surface area contributed by atoms with E-state index < -0.39 is 0 Å². The number of carbonyl (C=O) groups excluding carboxylic acids is 1. The second kappa shape index (κ2) is 7.17. The van der Waals surface area contributed by atoms with Crippen molar-refractivity contribution in [3.8, 4) is 0 Å². The molecule has 0 saturated heterocycles. The summed E-state index contributed by atoms with van der Waals surface area (Å²) < 4.78 is 4.86. The number of anilines is 1. The van der Waals surface area contributed by atoms with Gasteiger partial charge in [-0.1, -0.05) is 38.3 Å². The van der Waals surface area contributed by atoms with Crippen LogP contribution in [0, 0.1) is 11.8 Å². The standard InChI is InChI=1S/C17H24ClNO2/c1-11(2)13-6-4-5-7-15(13)19-16-10-12(18)8-9-14(16)17(20)21-3/h8-11,13,15,19H,4-7H2,1-3H3. The maximum atomic E-state index is 11.9. The Morgan fingerprint density at radius 3 is 2.71 bits per heavy atom. The van der Waals surface area contributed by atoms with E-state index in [1.807, 2.05) is 6.07 Å². The van der Waals surface area contributed by atoms with Gasteiger partial charge in [-0.05, 0) is 42.9 Å². The summed E-state index contributed by atoms with van der Waals surface area (Å²) in [6.07, 6.45) is 4.90. The number of methoxy groups -OCH3 is 1. The van der Waals surface area contributed by atoms with Gasteiger partial charge in [0.15, 0.2) is 0 Å². The molecule has 0 spiro atoms. The van der Waals surface area contributed by atoms with Crippen molar-refractivity contribution in [3.63, 3.8) is 0 Å². The van der Waals surface area contributed by atoms with Crippen LogP contribution in [0.1, 0.15) is 49.9 Å². The summed E-state index contributed by atoms with van der Waals surface area (Å²) in [5.41, 5.74) is 1.34. The van der Waals surface area contributed by atoms with Crippen LogP contribution < -0.4 is 5.32 Å². The topological polar surface area (TPSA) is 38.3 Å². The summed E-state index contributed by atoms with van der Waals surface area (Å²) in [7, 11) is 1.40. The molecule has 2 rings (SSSR count). The highest BCUT2D eigenvalue weighted by atomic mass is 35.5. The van der Waals surface area contributed by atoms with E-state index in [2.05, 4.69) is 19.2 Å². The third-order valence-electron chi connectivity index (χ3n) is 4.40. The van der Waals surface area contributed by atoms with Gasteiger partial charge in [0.25, 0.3) is 0 Å². The summed E-state index contributed by atoms with van der Waals surface area (Å²) in [6.45, 7) is 4.54. The molecule has 0 bridgehead atoms. The van der Waals surface area contributed by atoms with Gasteiger partial charge in [-0.2, -0.15) is 0 Å². The van der Waals surface area contributed by atoms with Crippen molar-refractivity contribution in [1.82, 2.24) is 0 Å². The first-order chi connectivity index (χ1) is 10.0. The predicted octanol–water partition coefficient (Wildman–Crippen LogP) is 4.75. The Morgan fingerprint density at radius 2 is 2.05 bits per heavy atom. The Kier molecular flexibility index (Phi) is 5.51. The molecule has 21 heavy (non-hydrogen) atoms. The molecular weight excluding hydrogens is 286 g/mol. The lowest BCUT2D eigenvalue weighted by atomic mass is 9.77. The highest BCUT2D eigenvalue weighted by Crippen LogP contribution is 2.33. The van der Waals surface area contributed by atoms with Gasteiger partial charge in [-0.3, -0.25) is 0 Å². The van der Waals surface area contributed by atoms with Crippen LogP contribution in [0.3, 0.4) is 0 Å². The van der Waals surface area contributed by atoms with Gasteiger partial charge in [0.1, 0.15) is 0 Å². The first kappa shape index (κ1) is 16.2. The minimum absolute atomic E-state index is 0.328. The number of benzene rings is 1. The molecule has 2 unspecified atom stereocenters. The summed E-state index contributed by atoms with van der Waals surface area (Å²) in [4.78, 5) is 11.9. The molecule has 0 amide bonds. The Labute approximate surface area is 132 Å². The number of esters is 1. The van der Waals surface area contributed by atoms with Gasteiger partial charge in [-0.25, -0.2) is 4.79 Å². The van der Waals surface area contributed by atoms with Crippen LogP contribution in [0.4, 0.5) is 5.69 Å². The van der Waals surface area contributed by atoms with Crippen LogP contribution >= 0.6 is 11.6 Å². The highest BCUT2D eigenvalue weighted by molar-refractivity contribution is 6.31. The summed E-state index contributed by atoms with van der Waals surface area (Å²) in [5.74, 6) is 0.929. The molecular formula is C17H24ClNO2. The van der Waals surface area contributed by atoms with E-state index in [0.29, 0.717) is 28.5 Å². The van der Waals surface area contributed by atoms with Gasteiger partial charge in [0, 0.05) is 11.1 Å². The first-order valence-corrected chi connectivity index (χ1v) is 8.05. The van der Waals surface area contributed by atoms with Gasteiger partial charge < -0.3 is 10.1 Å². The summed E-state index contributed by atoms with van der Waals surface area (Å²) in [6, 6.07) is 5.66. The monoisotopic (exact) mass is 309 g/mol. The Hall–Kier alpha value is -1.22. The third-order valence-corrected chi connectivity index (χ3v) is 4.64. The minimum atomic E-state index is -0.328. The van der Waals surface area contributed by atoms with Gasteiger partial charge in [0.2, 0.25) is 0 Å². The second-order valence-corrected chi connectivity index (χ2v) is 6.56. The summed E-state index contributed by atoms with van der Waals surface area (Å²) in [5, 5.41) is 4.18. The zero-order chi connectivity index (χ0) is 15.4. The van der Waals surface area contributed by atoms with Gasteiger partial charge in [0.05, 0.1) is 18.4 Å². The number of rotatable bonds is 4. The average Bonchev–Trinajstić information content (AvgIpc) is 2.47. The molecule has 1 N–H and O–H groups in total. The lowest BCUT2D eigenvalue weighted by Crippen LogP contribution is -2.35. The summed E-state index contributed by atoms with van der Waals surface area (Å²) >= 11 is 6.09. The van der Waals surface area contributed by atoms with Crippen molar-refractivity contribution in [2.75, 3.05) is 12.4 Å². The van der Waals surface area contributed by atoms with Crippen LogP contribution in [-0.2, 0) is 4.74 Å². The fourth-order valence-electron chi connectivity index (χ4n) is 3.26. The van der Waals surface area contributed by atoms with E-state index >= 15 is 0 Å². The fourth-order valence-corrected chi connectivity index (χ4v) is 3.43. The average molecular weight is 310 g/mol. The molecule has 0 aromatic heterocycles. The number of halogens is 1. The number of carbonyl (C=O) groups is 1. The number of hydrogen-bond acceptors (Lipinski definition) is 3. The van der Waals surface area contributed by atoms with E-state index in [0.717, 1.165) is 12.1 Å². The normalized spacial score (nSPS) is 22.1. The fraction of sp³-hybridized carbons (Fsp3) is 0.588. The minimum Gasteiger partial charge on any atom is -0.465 e. The van der Waals surface area contributed by atoms with Crippen molar-refractivity contribution < 1.29 is 9.53 Å². The molecule has 1 aromatic rings. The highest BCUT2D eigenvalue weighted by Gasteiger charge is 2.28. The molecule has 0 aliphatic heterocycles. The SMILES string of the molecule is COC(=O)c1ccc(Cl)cc1NC1CCCCC1C(C)C. The smallest absolute Gasteiger partial charge is 0.339 e. The van der Waals surface area contributed by atoms with E-state index in [1.165, 1.54) is 26.4 Å². The van der Waals surface area contributed by atoms with E-state index in [4.69, 9.17) is 16.3 Å². The maximum absolute atomic E-state index is 11.9. The lowest BCUT2D eigenvalue weighted by molar-refractivity contribution is 0.0601. The van der Waals surface area contributed by atoms with Gasteiger partial charge in [-0.15, -0.1) is 0 Å². The molecule has 2 atom stereocenters. The van der Waals surface area contributed by atoms with Crippen molar-refractivity contribution in [1.29, 1.82) is 0 Å². The quantitative estimate of drug-likeness (QED) is 0.815. The Bertz CT molecular complexity index is 502. The number of nitrogens with one attached hydrogen (secondary N) is 1. The van der Waals surface area contributed by atoms with E-state index in [9.17, 15) is 4.79 Å². The van der Waals surface area contributed by atoms with Crippen molar-refractivity contribution in [2.45, 2.75) is 45.6 Å². The van der Waals surface area contributed by atoms with Crippen LogP contribution in [-0.4, -0.2) is 19.1 Å². The second-order valence-electron chi connectivity index (χ2n) is 6.12. The third kappa shape index (κ3) is 3.91. The predicted molar refractivity (Wildman–Crippen MR) is 87.0 cm³/mol. The largest absolute Gasteiger partial charge is 0.465 e. The molecule has 0 heterocycles. The lowest BCUT2D eigenvalue weighted by Gasteiger charge is -2.36. The molecule has 4 heteroatoms. The van der Waals surface area contributed by atoms with Crippen LogP contribution in [0.25, 0.3) is 0 Å². The molecule has 1 aliphatic rings. The van der Waals surface area contributed by atoms with Crippen LogP contribution in [0.2, 0.25) is 5.02 Å². The molecule has 1 aliphatic carbocycles. The van der Waals surface area contributed by atoms with Crippen molar-refractivity contribution >= 4 is 23.3 Å². The van der Waals surface area contributed by atoms with Gasteiger partial charge >= 0.3 is 5.97 Å².